The number of hydrogen-bond acceptors (Lipinski definition) is 5. The maximum Gasteiger partial charge on any atom is 0.331 e. The van der Waals surface area contributed by atoms with Crippen molar-refractivity contribution < 1.29 is 19.1 Å². The Balaban J connectivity index is 1.94. The zero-order valence-electron chi connectivity index (χ0n) is 17.3. The molecule has 1 aliphatic rings. The number of barbiturate groups is 1. The lowest BCUT2D eigenvalue weighted by Crippen LogP contribution is -2.53. The minimum Gasteiger partial charge on any atom is -0.496 e. The Labute approximate surface area is 175 Å². The van der Waals surface area contributed by atoms with Crippen LogP contribution in [-0.4, -0.2) is 42.9 Å². The summed E-state index contributed by atoms with van der Waals surface area (Å²) < 4.78 is 5.49. The second-order valence-corrected chi connectivity index (χ2v) is 6.79. The third-order valence-electron chi connectivity index (χ3n) is 5.01. The number of hydrogen-bond donors (Lipinski definition) is 1. The van der Waals surface area contributed by atoms with Gasteiger partial charge in [-0.05, 0) is 37.6 Å². The van der Waals surface area contributed by atoms with Crippen LogP contribution >= 0.6 is 0 Å². The van der Waals surface area contributed by atoms with Gasteiger partial charge < -0.3 is 9.64 Å². The predicted octanol–water partition coefficient (Wildman–Crippen LogP) is 3.20. The summed E-state index contributed by atoms with van der Waals surface area (Å²) in [5, 5.41) is 2.25. The smallest absolute Gasteiger partial charge is 0.331 e. The highest BCUT2D eigenvalue weighted by atomic mass is 16.5. The first-order valence-corrected chi connectivity index (χ1v) is 9.84. The molecule has 0 bridgehead atoms. The van der Waals surface area contributed by atoms with Crippen LogP contribution in [-0.2, 0) is 16.1 Å². The second kappa shape index (κ2) is 9.26. The zero-order chi connectivity index (χ0) is 21.7. The lowest BCUT2D eigenvalue weighted by Gasteiger charge is -2.26. The molecular formula is C23H25N3O4. The fourth-order valence-electron chi connectivity index (χ4n) is 3.36. The van der Waals surface area contributed by atoms with E-state index in [1.807, 2.05) is 42.5 Å². The molecule has 1 N–H and O–H groups in total. The number of carbonyl (C=O) groups excluding carboxylic acids is 3. The molecule has 30 heavy (non-hydrogen) atoms. The summed E-state index contributed by atoms with van der Waals surface area (Å²) in [5.74, 6) is -0.814. The molecule has 4 amide bonds. The van der Waals surface area contributed by atoms with E-state index in [1.54, 1.807) is 6.07 Å². The summed E-state index contributed by atoms with van der Waals surface area (Å²) in [6, 6.07) is 14.0. The van der Waals surface area contributed by atoms with Crippen molar-refractivity contribution in [2.45, 2.75) is 20.4 Å². The Bertz CT molecular complexity index is 981. The Morgan fingerprint density at radius 1 is 1.03 bits per heavy atom. The van der Waals surface area contributed by atoms with Gasteiger partial charge in [0.25, 0.3) is 11.8 Å². The maximum atomic E-state index is 12.9. The van der Waals surface area contributed by atoms with Crippen LogP contribution in [0.4, 0.5) is 10.5 Å². The number of carbonyl (C=O) groups is 3. The molecule has 1 fully saturated rings. The molecule has 0 spiro atoms. The van der Waals surface area contributed by atoms with Crippen molar-refractivity contribution >= 4 is 29.6 Å². The van der Waals surface area contributed by atoms with E-state index < -0.39 is 17.8 Å². The minimum atomic E-state index is -0.727. The van der Waals surface area contributed by atoms with Gasteiger partial charge in [-0.15, -0.1) is 0 Å². The second-order valence-electron chi connectivity index (χ2n) is 6.79. The van der Waals surface area contributed by atoms with Crippen LogP contribution < -0.4 is 15.0 Å². The quantitative estimate of drug-likeness (QED) is 0.563. The van der Waals surface area contributed by atoms with Crippen molar-refractivity contribution in [1.82, 2.24) is 10.2 Å². The van der Waals surface area contributed by atoms with Gasteiger partial charge in [0.15, 0.2) is 0 Å². The fraction of sp³-hybridized carbons (Fsp3) is 0.261. The average Bonchev–Trinajstić information content (AvgIpc) is 2.76. The Morgan fingerprint density at radius 2 is 1.73 bits per heavy atom. The highest BCUT2D eigenvalue weighted by molar-refractivity contribution is 6.31. The van der Waals surface area contributed by atoms with E-state index in [0.717, 1.165) is 29.2 Å². The summed E-state index contributed by atoms with van der Waals surface area (Å²) in [6.07, 6.45) is 1.47. The van der Waals surface area contributed by atoms with E-state index in [1.165, 1.54) is 13.2 Å². The lowest BCUT2D eigenvalue weighted by atomic mass is 10.0. The number of anilines is 1. The molecule has 0 aromatic heterocycles. The van der Waals surface area contributed by atoms with Crippen molar-refractivity contribution in [3.63, 3.8) is 0 Å². The Hall–Kier alpha value is -3.61. The summed E-state index contributed by atoms with van der Waals surface area (Å²) in [7, 11) is 1.54. The van der Waals surface area contributed by atoms with Gasteiger partial charge in [0.2, 0.25) is 0 Å². The summed E-state index contributed by atoms with van der Waals surface area (Å²) in [5.41, 5.74) is 2.25. The summed E-state index contributed by atoms with van der Waals surface area (Å²) in [6.45, 7) is 5.90. The minimum absolute atomic E-state index is 0.0775. The maximum absolute atomic E-state index is 12.9. The highest BCUT2D eigenvalue weighted by Gasteiger charge is 2.35. The predicted molar refractivity (Wildman–Crippen MR) is 115 cm³/mol. The van der Waals surface area contributed by atoms with Gasteiger partial charge in [0, 0.05) is 30.4 Å². The molecule has 0 saturated carbocycles. The van der Waals surface area contributed by atoms with Gasteiger partial charge in [0.05, 0.1) is 13.7 Å². The van der Waals surface area contributed by atoms with Crippen molar-refractivity contribution in [2.75, 3.05) is 25.1 Å². The lowest BCUT2D eigenvalue weighted by molar-refractivity contribution is -0.130. The van der Waals surface area contributed by atoms with E-state index >= 15 is 0 Å². The van der Waals surface area contributed by atoms with E-state index in [-0.39, 0.29) is 12.1 Å². The van der Waals surface area contributed by atoms with Crippen LogP contribution in [0.3, 0.4) is 0 Å². The van der Waals surface area contributed by atoms with Gasteiger partial charge in [-0.25, -0.2) is 4.79 Å². The van der Waals surface area contributed by atoms with Crippen molar-refractivity contribution in [1.29, 1.82) is 0 Å². The number of imide groups is 2. The average molecular weight is 407 g/mol. The van der Waals surface area contributed by atoms with Gasteiger partial charge in [-0.3, -0.25) is 19.8 Å². The molecule has 3 rings (SSSR count). The number of benzene rings is 2. The third kappa shape index (κ3) is 4.35. The molecule has 1 heterocycles. The monoisotopic (exact) mass is 407 g/mol. The number of rotatable bonds is 7. The number of nitrogens with zero attached hydrogens (tertiary/aromatic N) is 2. The third-order valence-corrected chi connectivity index (χ3v) is 5.01. The van der Waals surface area contributed by atoms with Crippen LogP contribution in [0.1, 0.15) is 25.0 Å². The highest BCUT2D eigenvalue weighted by Crippen LogP contribution is 2.28. The number of nitrogens with one attached hydrogen (secondary N) is 1. The molecule has 0 aliphatic carbocycles. The molecule has 1 aliphatic heterocycles. The molecule has 7 heteroatoms. The summed E-state index contributed by atoms with van der Waals surface area (Å²) in [4.78, 5) is 40.8. The van der Waals surface area contributed by atoms with Crippen LogP contribution in [0.2, 0.25) is 0 Å². The molecule has 2 aromatic carbocycles. The van der Waals surface area contributed by atoms with E-state index in [9.17, 15) is 14.4 Å². The summed E-state index contributed by atoms with van der Waals surface area (Å²) >= 11 is 0. The topological polar surface area (TPSA) is 79.0 Å². The SMILES string of the molecule is CCN(CC)c1ccc(/C=C2\C(=O)NC(=O)N(Cc3ccccc3)C2=O)c(OC)c1. The molecule has 0 radical (unpaired) electrons. The first kappa shape index (κ1) is 21.1. The molecule has 156 valence electrons. The van der Waals surface area contributed by atoms with E-state index in [0.29, 0.717) is 11.3 Å². The van der Waals surface area contributed by atoms with E-state index in [2.05, 4.69) is 24.1 Å². The fourth-order valence-corrected chi connectivity index (χ4v) is 3.36. The Morgan fingerprint density at radius 3 is 2.37 bits per heavy atom. The number of amides is 4. The standard InChI is InChI=1S/C23H25N3O4/c1-4-25(5-2)18-12-11-17(20(14-18)30-3)13-19-21(27)24-23(29)26(22(19)28)15-16-9-7-6-8-10-16/h6-14H,4-5,15H2,1-3H3,(H,24,27,29)/b19-13+. The first-order chi connectivity index (χ1) is 14.5. The van der Waals surface area contributed by atoms with Crippen molar-refractivity contribution in [3.8, 4) is 5.75 Å². The largest absolute Gasteiger partial charge is 0.496 e. The van der Waals surface area contributed by atoms with Gasteiger partial charge in [-0.1, -0.05) is 30.3 Å². The molecular weight excluding hydrogens is 382 g/mol. The van der Waals surface area contributed by atoms with Crippen LogP contribution in [0.25, 0.3) is 6.08 Å². The molecule has 0 unspecified atom stereocenters. The first-order valence-electron chi connectivity index (χ1n) is 9.84. The van der Waals surface area contributed by atoms with Crippen molar-refractivity contribution in [3.05, 3.63) is 65.2 Å². The van der Waals surface area contributed by atoms with Crippen LogP contribution in [0.15, 0.2) is 54.1 Å². The number of urea groups is 1. The van der Waals surface area contributed by atoms with Crippen LogP contribution in [0, 0.1) is 0 Å². The normalized spacial score (nSPS) is 15.4. The number of methoxy groups -OCH3 is 1. The Kier molecular flexibility index (Phi) is 6.51. The number of ether oxygens (including phenoxy) is 1. The van der Waals surface area contributed by atoms with Crippen LogP contribution in [0.5, 0.6) is 5.75 Å². The molecule has 7 nitrogen and oxygen atoms in total. The van der Waals surface area contributed by atoms with E-state index in [4.69, 9.17) is 4.74 Å². The zero-order valence-corrected chi connectivity index (χ0v) is 17.3. The van der Waals surface area contributed by atoms with Gasteiger partial charge >= 0.3 is 6.03 Å². The van der Waals surface area contributed by atoms with Gasteiger partial charge in [-0.2, -0.15) is 0 Å². The molecule has 2 aromatic rings. The molecule has 0 atom stereocenters. The van der Waals surface area contributed by atoms with Gasteiger partial charge in [0.1, 0.15) is 11.3 Å². The molecule has 1 saturated heterocycles. The van der Waals surface area contributed by atoms with Crippen molar-refractivity contribution in [2.24, 2.45) is 0 Å².